The van der Waals surface area contributed by atoms with Gasteiger partial charge in [0.05, 0.1) is 11.7 Å². The molecule has 2 nitrogen and oxygen atoms in total. The van der Waals surface area contributed by atoms with Gasteiger partial charge in [-0.15, -0.1) is 6.58 Å². The maximum atomic E-state index is 5.89. The number of hydrogen-bond donors (Lipinski definition) is 1. The Labute approximate surface area is 104 Å². The van der Waals surface area contributed by atoms with Crippen molar-refractivity contribution in [3.63, 3.8) is 0 Å². The number of nitrogens with one attached hydrogen (secondary N) is 1. The molecule has 0 spiro atoms. The van der Waals surface area contributed by atoms with E-state index < -0.39 is 0 Å². The average molecular weight is 243 g/mol. The van der Waals surface area contributed by atoms with E-state index in [-0.39, 0.29) is 5.60 Å². The van der Waals surface area contributed by atoms with E-state index >= 15 is 0 Å². The molecule has 0 heterocycles. The predicted octanol–water partition coefficient (Wildman–Crippen LogP) is 2.84. The molecule has 1 saturated carbocycles. The SMILES string of the molecule is C=CCSCCNC1CC(OC(C)(C)C)C1. The first-order valence-corrected chi connectivity index (χ1v) is 7.26. The molecular formula is C13H25NOS. The van der Waals surface area contributed by atoms with Crippen LogP contribution in [0.5, 0.6) is 0 Å². The van der Waals surface area contributed by atoms with Crippen molar-refractivity contribution in [3.05, 3.63) is 12.7 Å². The Morgan fingerprint density at radius 3 is 2.69 bits per heavy atom. The van der Waals surface area contributed by atoms with E-state index in [0.29, 0.717) is 12.1 Å². The Balaban J connectivity index is 1.94. The molecule has 1 fully saturated rings. The Morgan fingerprint density at radius 1 is 1.44 bits per heavy atom. The molecule has 1 aliphatic carbocycles. The van der Waals surface area contributed by atoms with Crippen molar-refractivity contribution < 1.29 is 4.74 Å². The average Bonchev–Trinajstić information content (AvgIpc) is 2.11. The highest BCUT2D eigenvalue weighted by Crippen LogP contribution is 2.27. The van der Waals surface area contributed by atoms with Crippen LogP contribution in [0.1, 0.15) is 33.6 Å². The molecule has 0 radical (unpaired) electrons. The molecule has 1 rings (SSSR count). The Bertz CT molecular complexity index is 206. The van der Waals surface area contributed by atoms with Gasteiger partial charge in [-0.25, -0.2) is 0 Å². The molecule has 0 amide bonds. The van der Waals surface area contributed by atoms with Crippen molar-refractivity contribution in [2.45, 2.75) is 51.4 Å². The van der Waals surface area contributed by atoms with Gasteiger partial charge >= 0.3 is 0 Å². The zero-order chi connectivity index (χ0) is 12.0. The first-order chi connectivity index (χ1) is 7.51. The topological polar surface area (TPSA) is 21.3 Å². The maximum absolute atomic E-state index is 5.89. The monoisotopic (exact) mass is 243 g/mol. The summed E-state index contributed by atoms with van der Waals surface area (Å²) in [6, 6.07) is 0.677. The third-order valence-electron chi connectivity index (χ3n) is 2.53. The lowest BCUT2D eigenvalue weighted by molar-refractivity contribution is -0.102. The fraction of sp³-hybridized carbons (Fsp3) is 0.846. The Morgan fingerprint density at radius 2 is 2.12 bits per heavy atom. The highest BCUT2D eigenvalue weighted by molar-refractivity contribution is 7.99. The van der Waals surface area contributed by atoms with Crippen molar-refractivity contribution in [2.24, 2.45) is 0 Å². The highest BCUT2D eigenvalue weighted by atomic mass is 32.2. The zero-order valence-corrected chi connectivity index (χ0v) is 11.6. The second kappa shape index (κ2) is 6.67. The standard InChI is InChI=1S/C13H25NOS/c1-5-7-16-8-6-14-11-9-12(10-11)15-13(2,3)4/h5,11-12,14H,1,6-10H2,2-4H3. The summed E-state index contributed by atoms with van der Waals surface area (Å²) in [5, 5.41) is 3.56. The van der Waals surface area contributed by atoms with Gasteiger partial charge in [0.2, 0.25) is 0 Å². The molecule has 1 N–H and O–H groups in total. The minimum absolute atomic E-state index is 0.00937. The van der Waals surface area contributed by atoms with Crippen LogP contribution in [0.15, 0.2) is 12.7 Å². The molecule has 0 bridgehead atoms. The van der Waals surface area contributed by atoms with Crippen LogP contribution < -0.4 is 5.32 Å². The van der Waals surface area contributed by atoms with Crippen molar-refractivity contribution in [1.29, 1.82) is 0 Å². The minimum Gasteiger partial charge on any atom is -0.373 e. The summed E-state index contributed by atoms with van der Waals surface area (Å²) in [5.74, 6) is 2.23. The number of thioether (sulfide) groups is 1. The molecule has 0 aromatic carbocycles. The molecule has 0 unspecified atom stereocenters. The van der Waals surface area contributed by atoms with Crippen LogP contribution in [0.3, 0.4) is 0 Å². The summed E-state index contributed by atoms with van der Waals surface area (Å²) in [6.45, 7) is 11.2. The first-order valence-electron chi connectivity index (χ1n) is 6.11. The molecule has 0 saturated heterocycles. The Kier molecular flexibility index (Phi) is 5.87. The lowest BCUT2D eigenvalue weighted by atomic mass is 9.88. The molecule has 16 heavy (non-hydrogen) atoms. The normalized spacial score (nSPS) is 25.2. The van der Waals surface area contributed by atoms with Gasteiger partial charge in [0.15, 0.2) is 0 Å². The molecule has 0 aromatic heterocycles. The van der Waals surface area contributed by atoms with Crippen LogP contribution >= 0.6 is 11.8 Å². The van der Waals surface area contributed by atoms with Gasteiger partial charge in [-0.1, -0.05) is 6.08 Å². The van der Waals surface area contributed by atoms with Crippen molar-refractivity contribution in [2.75, 3.05) is 18.1 Å². The van der Waals surface area contributed by atoms with Gasteiger partial charge in [-0.2, -0.15) is 11.8 Å². The number of rotatable bonds is 7. The van der Waals surface area contributed by atoms with Crippen molar-refractivity contribution in [3.8, 4) is 0 Å². The number of ether oxygens (including phenoxy) is 1. The molecule has 94 valence electrons. The van der Waals surface area contributed by atoms with Crippen LogP contribution in [0.2, 0.25) is 0 Å². The van der Waals surface area contributed by atoms with E-state index in [4.69, 9.17) is 4.74 Å². The quantitative estimate of drug-likeness (QED) is 0.549. The zero-order valence-electron chi connectivity index (χ0n) is 10.8. The highest BCUT2D eigenvalue weighted by Gasteiger charge is 2.32. The lowest BCUT2D eigenvalue weighted by Crippen LogP contribution is -2.48. The largest absolute Gasteiger partial charge is 0.373 e. The van der Waals surface area contributed by atoms with Crippen molar-refractivity contribution >= 4 is 11.8 Å². The Hall–Kier alpha value is 0.01000. The van der Waals surface area contributed by atoms with Gasteiger partial charge in [0, 0.05) is 24.1 Å². The van der Waals surface area contributed by atoms with Crippen LogP contribution in [-0.4, -0.2) is 35.8 Å². The molecule has 3 heteroatoms. The molecular weight excluding hydrogens is 218 g/mol. The summed E-state index contributed by atoms with van der Waals surface area (Å²) in [4.78, 5) is 0. The smallest absolute Gasteiger partial charge is 0.0612 e. The van der Waals surface area contributed by atoms with E-state index in [1.807, 2.05) is 17.8 Å². The van der Waals surface area contributed by atoms with Crippen LogP contribution in [0.25, 0.3) is 0 Å². The van der Waals surface area contributed by atoms with Crippen molar-refractivity contribution in [1.82, 2.24) is 5.32 Å². The molecule has 1 aliphatic rings. The van der Waals surface area contributed by atoms with Crippen LogP contribution in [0.4, 0.5) is 0 Å². The maximum Gasteiger partial charge on any atom is 0.0612 e. The van der Waals surface area contributed by atoms with E-state index in [9.17, 15) is 0 Å². The third kappa shape index (κ3) is 5.92. The van der Waals surface area contributed by atoms with E-state index in [0.717, 1.165) is 12.3 Å². The summed E-state index contributed by atoms with van der Waals surface area (Å²) in [6.07, 6.45) is 4.77. The van der Waals surface area contributed by atoms with E-state index in [2.05, 4.69) is 32.7 Å². The van der Waals surface area contributed by atoms with E-state index in [1.165, 1.54) is 18.6 Å². The van der Waals surface area contributed by atoms with Crippen LogP contribution in [0, 0.1) is 0 Å². The van der Waals surface area contributed by atoms with Gasteiger partial charge in [-0.05, 0) is 33.6 Å². The molecule has 0 aromatic rings. The van der Waals surface area contributed by atoms with Gasteiger partial charge in [0.1, 0.15) is 0 Å². The summed E-state index contributed by atoms with van der Waals surface area (Å²) < 4.78 is 5.89. The van der Waals surface area contributed by atoms with Gasteiger partial charge in [-0.3, -0.25) is 0 Å². The fourth-order valence-corrected chi connectivity index (χ4v) is 2.43. The fourth-order valence-electron chi connectivity index (χ4n) is 1.83. The minimum atomic E-state index is 0.00937. The van der Waals surface area contributed by atoms with Crippen LogP contribution in [-0.2, 0) is 4.74 Å². The first kappa shape index (κ1) is 14.1. The van der Waals surface area contributed by atoms with Gasteiger partial charge < -0.3 is 10.1 Å². The van der Waals surface area contributed by atoms with E-state index in [1.54, 1.807) is 0 Å². The second-order valence-electron chi connectivity index (χ2n) is 5.34. The third-order valence-corrected chi connectivity index (χ3v) is 3.49. The lowest BCUT2D eigenvalue weighted by Gasteiger charge is -2.39. The number of hydrogen-bond acceptors (Lipinski definition) is 3. The summed E-state index contributed by atoms with van der Waals surface area (Å²) in [5.41, 5.74) is 0.00937. The van der Waals surface area contributed by atoms with Gasteiger partial charge in [0.25, 0.3) is 0 Å². The molecule has 0 atom stereocenters. The summed E-state index contributed by atoms with van der Waals surface area (Å²) >= 11 is 1.93. The predicted molar refractivity (Wildman–Crippen MR) is 73.2 cm³/mol. The second-order valence-corrected chi connectivity index (χ2v) is 6.49. The molecule has 0 aliphatic heterocycles. The summed E-state index contributed by atoms with van der Waals surface area (Å²) in [7, 11) is 0.